The Kier molecular flexibility index (Phi) is 2.96. The lowest BCUT2D eigenvalue weighted by atomic mass is 10.4. The van der Waals surface area contributed by atoms with E-state index in [4.69, 9.17) is 6.92 Å². The third kappa shape index (κ3) is 4.48. The second-order valence-electron chi connectivity index (χ2n) is 0.985. The summed E-state index contributed by atoms with van der Waals surface area (Å²) >= 11 is 3.19. The summed E-state index contributed by atoms with van der Waals surface area (Å²) < 4.78 is 0. The molecule has 0 heterocycles. The van der Waals surface area contributed by atoms with Crippen LogP contribution < -0.4 is 0 Å². The molecule has 1 heteroatoms. The van der Waals surface area contributed by atoms with Crippen molar-refractivity contribution in [3.05, 3.63) is 6.92 Å². The Bertz CT molecular complexity index is 17.6. The summed E-state index contributed by atoms with van der Waals surface area (Å²) in [6.45, 7) is 8.56. The van der Waals surface area contributed by atoms with Crippen LogP contribution in [0.2, 0.25) is 0 Å². The summed E-state index contributed by atoms with van der Waals surface area (Å²) in [6.07, 6.45) is 0.472. The first-order chi connectivity index (χ1) is 2.27. The first kappa shape index (κ1) is 5.48. The van der Waals surface area contributed by atoms with Gasteiger partial charge in [0.15, 0.2) is 0 Å². The maximum atomic E-state index is 6.61. The summed E-state index contributed by atoms with van der Waals surface area (Å²) in [5.74, 6) is 0. The molecule has 1 atom stereocenters. The van der Waals surface area contributed by atoms with E-state index in [2.05, 4.69) is 15.9 Å². The summed E-state index contributed by atoms with van der Waals surface area (Å²) in [6, 6.07) is 0. The van der Waals surface area contributed by atoms with E-state index in [0.717, 1.165) is 0 Å². The van der Waals surface area contributed by atoms with E-state index in [9.17, 15) is 0 Å². The van der Waals surface area contributed by atoms with Crippen LogP contribution in [0.25, 0.3) is 0 Å². The summed E-state index contributed by atoms with van der Waals surface area (Å²) in [4.78, 5) is 0.363. The third-order valence-electron chi connectivity index (χ3n) is 0.281. The van der Waals surface area contributed by atoms with Crippen LogP contribution in [0.15, 0.2) is 0 Å². The van der Waals surface area contributed by atoms with Gasteiger partial charge in [0.05, 0.1) is 0 Å². The van der Waals surface area contributed by atoms with Crippen molar-refractivity contribution in [1.82, 2.24) is 0 Å². The highest BCUT2D eigenvalue weighted by molar-refractivity contribution is 9.09. The number of hydrogen-bond donors (Lipinski definition) is 0. The fourth-order valence-electron chi connectivity index (χ4n) is 0. The fraction of sp³-hybridized carbons (Fsp3) is 0.750. The SMILES string of the molecule is [C]CC(C)Br. The van der Waals surface area contributed by atoms with Gasteiger partial charge in [-0.3, -0.25) is 0 Å². The van der Waals surface area contributed by atoms with E-state index < -0.39 is 0 Å². The highest BCUT2D eigenvalue weighted by atomic mass is 79.9. The average molecular weight is 134 g/mol. The Morgan fingerprint density at radius 3 is 2.20 bits per heavy atom. The van der Waals surface area contributed by atoms with Crippen LogP contribution in [0.4, 0.5) is 0 Å². The molecule has 0 bridgehead atoms. The van der Waals surface area contributed by atoms with Crippen LogP contribution in [-0.4, -0.2) is 4.83 Å². The van der Waals surface area contributed by atoms with Crippen LogP contribution >= 0.6 is 15.9 Å². The van der Waals surface area contributed by atoms with Gasteiger partial charge in [0, 0.05) is 4.83 Å². The Morgan fingerprint density at radius 1 is 2.00 bits per heavy atom. The first-order valence-electron chi connectivity index (χ1n) is 1.56. The molecule has 0 nitrogen and oxygen atoms in total. The summed E-state index contributed by atoms with van der Waals surface area (Å²) in [7, 11) is 0. The van der Waals surface area contributed by atoms with Gasteiger partial charge in [0.25, 0.3) is 0 Å². The molecule has 0 aliphatic rings. The number of rotatable bonds is 1. The zero-order valence-corrected chi connectivity index (χ0v) is 4.75. The molecule has 3 radical (unpaired) electrons. The molecule has 0 saturated carbocycles. The average Bonchev–Trinajstić information content (AvgIpc) is 1.38. The lowest BCUT2D eigenvalue weighted by Crippen LogP contribution is -1.80. The first-order valence-corrected chi connectivity index (χ1v) is 2.47. The van der Waals surface area contributed by atoms with Gasteiger partial charge in [0.1, 0.15) is 0 Å². The molecule has 1 unspecified atom stereocenters. The van der Waals surface area contributed by atoms with Gasteiger partial charge in [-0.1, -0.05) is 22.9 Å². The molecular formula is C4H6Br. The van der Waals surface area contributed by atoms with Crippen LogP contribution in [0.3, 0.4) is 0 Å². The Hall–Kier alpha value is 0.480. The van der Waals surface area contributed by atoms with Crippen molar-refractivity contribution in [3.8, 4) is 0 Å². The minimum absolute atomic E-state index is 0.363. The van der Waals surface area contributed by atoms with Crippen molar-refractivity contribution < 1.29 is 0 Å². The molecule has 0 aliphatic carbocycles. The lowest BCUT2D eigenvalue weighted by molar-refractivity contribution is 0.998. The molecule has 0 amide bonds. The smallest absolute Gasteiger partial charge is 0.0123 e. The Morgan fingerprint density at radius 2 is 2.20 bits per heavy atom. The maximum Gasteiger partial charge on any atom is 0.0123 e. The molecule has 29 valence electrons. The van der Waals surface area contributed by atoms with Crippen molar-refractivity contribution in [1.29, 1.82) is 0 Å². The number of hydrogen-bond acceptors (Lipinski definition) is 0. The minimum atomic E-state index is 0.363. The predicted octanol–water partition coefficient (Wildman–Crippen LogP) is 1.75. The van der Waals surface area contributed by atoms with Crippen LogP contribution in [0.5, 0.6) is 0 Å². The van der Waals surface area contributed by atoms with Crippen LogP contribution in [0.1, 0.15) is 13.3 Å². The normalized spacial score (nSPS) is 15.0. The molecule has 0 aromatic rings. The van der Waals surface area contributed by atoms with E-state index in [-0.39, 0.29) is 0 Å². The van der Waals surface area contributed by atoms with E-state index in [0.29, 0.717) is 11.2 Å². The minimum Gasteiger partial charge on any atom is -0.0893 e. The van der Waals surface area contributed by atoms with Gasteiger partial charge in [-0.2, -0.15) is 0 Å². The molecule has 0 rings (SSSR count). The van der Waals surface area contributed by atoms with Gasteiger partial charge in [-0.25, -0.2) is 0 Å². The number of halogens is 1. The number of alkyl halides is 1. The maximum absolute atomic E-state index is 6.61. The second-order valence-corrected chi connectivity index (χ2v) is 2.55. The van der Waals surface area contributed by atoms with Gasteiger partial charge < -0.3 is 0 Å². The Labute approximate surface area is 41.7 Å². The van der Waals surface area contributed by atoms with Gasteiger partial charge in [0.2, 0.25) is 0 Å². The highest BCUT2D eigenvalue weighted by Crippen LogP contribution is 1.98. The zero-order chi connectivity index (χ0) is 4.28. The van der Waals surface area contributed by atoms with Gasteiger partial charge in [-0.15, -0.1) is 0 Å². The second kappa shape index (κ2) is 2.70. The zero-order valence-electron chi connectivity index (χ0n) is 3.16. The largest absolute Gasteiger partial charge is 0.0893 e. The third-order valence-corrected chi connectivity index (χ3v) is 0.605. The molecular weight excluding hydrogens is 128 g/mol. The molecule has 0 aromatic heterocycles. The topological polar surface area (TPSA) is 0 Å². The summed E-state index contributed by atoms with van der Waals surface area (Å²) in [5.41, 5.74) is 0. The van der Waals surface area contributed by atoms with Crippen molar-refractivity contribution in [2.45, 2.75) is 18.2 Å². The molecule has 0 spiro atoms. The predicted molar refractivity (Wildman–Crippen MR) is 26.2 cm³/mol. The van der Waals surface area contributed by atoms with E-state index >= 15 is 0 Å². The van der Waals surface area contributed by atoms with Crippen LogP contribution in [0, 0.1) is 6.92 Å². The van der Waals surface area contributed by atoms with Crippen molar-refractivity contribution >= 4 is 15.9 Å². The molecule has 5 heavy (non-hydrogen) atoms. The van der Waals surface area contributed by atoms with Crippen molar-refractivity contribution in [2.75, 3.05) is 0 Å². The molecule has 0 aromatic carbocycles. The monoisotopic (exact) mass is 133 g/mol. The van der Waals surface area contributed by atoms with Crippen molar-refractivity contribution in [2.24, 2.45) is 0 Å². The van der Waals surface area contributed by atoms with E-state index in [1.165, 1.54) is 0 Å². The van der Waals surface area contributed by atoms with Crippen LogP contribution in [-0.2, 0) is 0 Å². The molecule has 0 aliphatic heterocycles. The molecule has 0 N–H and O–H groups in total. The standard InChI is InChI=1S/C4H6Br/c1-3-4(2)5/h4H,3H2,2H3. The fourth-order valence-corrected chi connectivity index (χ4v) is 0. The van der Waals surface area contributed by atoms with Gasteiger partial charge >= 0.3 is 0 Å². The quantitative estimate of drug-likeness (QED) is 0.479. The highest BCUT2D eigenvalue weighted by Gasteiger charge is 1.83. The van der Waals surface area contributed by atoms with Gasteiger partial charge in [-0.05, 0) is 13.3 Å². The van der Waals surface area contributed by atoms with Crippen molar-refractivity contribution in [3.63, 3.8) is 0 Å². The molecule has 0 fully saturated rings. The lowest BCUT2D eigenvalue weighted by Gasteiger charge is -1.87. The summed E-state index contributed by atoms with van der Waals surface area (Å²) in [5, 5.41) is 0. The van der Waals surface area contributed by atoms with E-state index in [1.54, 1.807) is 0 Å². The van der Waals surface area contributed by atoms with E-state index in [1.807, 2.05) is 6.92 Å². The molecule has 0 saturated heterocycles. The Balaban J connectivity index is 2.54.